The zero-order chi connectivity index (χ0) is 20.9. The number of nitrogens with zero attached hydrogens (tertiary/aromatic N) is 3. The van der Waals surface area contributed by atoms with Crippen LogP contribution in [0.2, 0.25) is 0 Å². The van der Waals surface area contributed by atoms with Crippen LogP contribution in [0.1, 0.15) is 41.3 Å². The Morgan fingerprint density at radius 2 is 1.80 bits per heavy atom. The first kappa shape index (κ1) is 18.8. The van der Waals surface area contributed by atoms with Crippen LogP contribution in [-0.2, 0) is 23.8 Å². The van der Waals surface area contributed by atoms with Crippen LogP contribution < -0.4 is 4.90 Å². The van der Waals surface area contributed by atoms with Gasteiger partial charge in [-0.2, -0.15) is 18.2 Å². The Balaban J connectivity index is 1.34. The number of amides is 1. The molecule has 2 aromatic carbocycles. The highest BCUT2D eigenvalue weighted by Crippen LogP contribution is 2.35. The summed E-state index contributed by atoms with van der Waals surface area (Å²) in [5.74, 6) is 0.276. The van der Waals surface area contributed by atoms with E-state index in [-0.39, 0.29) is 24.1 Å². The Morgan fingerprint density at radius 3 is 2.57 bits per heavy atom. The van der Waals surface area contributed by atoms with E-state index in [1.165, 1.54) is 23.3 Å². The summed E-state index contributed by atoms with van der Waals surface area (Å²) in [6, 6.07) is 10.8. The number of hydrogen-bond acceptors (Lipinski definition) is 4. The summed E-state index contributed by atoms with van der Waals surface area (Å²) in [5.41, 5.74) is 3.22. The summed E-state index contributed by atoms with van der Waals surface area (Å²) in [6.07, 6.45) is -0.877. The van der Waals surface area contributed by atoms with Crippen LogP contribution in [0.3, 0.4) is 0 Å². The van der Waals surface area contributed by atoms with E-state index in [9.17, 15) is 18.0 Å². The van der Waals surface area contributed by atoms with E-state index in [1.54, 1.807) is 4.90 Å². The molecule has 3 aromatic rings. The van der Waals surface area contributed by atoms with Gasteiger partial charge in [-0.15, -0.1) is 0 Å². The van der Waals surface area contributed by atoms with Gasteiger partial charge in [0.05, 0.1) is 11.5 Å². The zero-order valence-corrected chi connectivity index (χ0v) is 15.9. The Hall–Kier alpha value is -3.16. The average molecular weight is 413 g/mol. The molecule has 5 nitrogen and oxygen atoms in total. The van der Waals surface area contributed by atoms with E-state index in [1.807, 2.05) is 6.07 Å². The van der Waals surface area contributed by atoms with Crippen molar-refractivity contribution in [2.75, 3.05) is 11.4 Å². The van der Waals surface area contributed by atoms with Crippen molar-refractivity contribution in [2.24, 2.45) is 0 Å². The van der Waals surface area contributed by atoms with Crippen molar-refractivity contribution in [3.63, 3.8) is 0 Å². The molecule has 2 aliphatic rings. The Bertz CT molecular complexity index is 1110. The molecule has 1 aliphatic heterocycles. The highest BCUT2D eigenvalue weighted by Gasteiger charge is 2.36. The molecule has 5 rings (SSSR count). The number of aryl methyl sites for hydroxylation is 2. The maximum atomic E-state index is 12.7. The highest BCUT2D eigenvalue weighted by atomic mass is 19.4. The van der Waals surface area contributed by atoms with Crippen molar-refractivity contribution in [1.29, 1.82) is 0 Å². The third kappa shape index (κ3) is 3.36. The molecule has 0 N–H and O–H groups in total. The minimum absolute atomic E-state index is 0.00720. The summed E-state index contributed by atoms with van der Waals surface area (Å²) in [6.45, 7) is 0.437. The van der Waals surface area contributed by atoms with Gasteiger partial charge in [-0.25, -0.2) is 0 Å². The first-order chi connectivity index (χ1) is 14.4. The summed E-state index contributed by atoms with van der Waals surface area (Å²) >= 11 is 0. The van der Waals surface area contributed by atoms with Crippen LogP contribution in [0.15, 0.2) is 47.0 Å². The lowest BCUT2D eigenvalue weighted by atomic mass is 10.1. The predicted molar refractivity (Wildman–Crippen MR) is 103 cm³/mol. The molecule has 1 saturated heterocycles. The molecular formula is C22H18F3N3O2. The number of anilines is 1. The van der Waals surface area contributed by atoms with E-state index < -0.39 is 11.7 Å². The molecular weight excluding hydrogens is 395 g/mol. The third-order valence-electron chi connectivity index (χ3n) is 5.78. The van der Waals surface area contributed by atoms with Crippen LogP contribution in [0, 0.1) is 0 Å². The van der Waals surface area contributed by atoms with Gasteiger partial charge in [0, 0.05) is 24.2 Å². The van der Waals surface area contributed by atoms with Crippen LogP contribution in [0.5, 0.6) is 0 Å². The van der Waals surface area contributed by atoms with Crippen LogP contribution in [0.25, 0.3) is 11.4 Å². The van der Waals surface area contributed by atoms with Crippen molar-refractivity contribution >= 4 is 11.6 Å². The Morgan fingerprint density at radius 1 is 1.03 bits per heavy atom. The van der Waals surface area contributed by atoms with Gasteiger partial charge in [0.25, 0.3) is 0 Å². The van der Waals surface area contributed by atoms with Gasteiger partial charge in [-0.1, -0.05) is 23.4 Å². The van der Waals surface area contributed by atoms with Crippen LogP contribution in [0.4, 0.5) is 18.9 Å². The largest absolute Gasteiger partial charge is 0.416 e. The first-order valence-electron chi connectivity index (χ1n) is 9.82. The van der Waals surface area contributed by atoms with E-state index in [4.69, 9.17) is 4.52 Å². The average Bonchev–Trinajstić information content (AvgIpc) is 3.46. The van der Waals surface area contributed by atoms with E-state index in [2.05, 4.69) is 22.3 Å². The summed E-state index contributed by atoms with van der Waals surface area (Å²) < 4.78 is 43.5. The number of fused-ring (bicyclic) bond motifs is 1. The number of carbonyl (C=O) groups is 1. The number of aromatic nitrogens is 2. The second kappa shape index (κ2) is 6.97. The van der Waals surface area contributed by atoms with E-state index in [0.29, 0.717) is 18.0 Å². The number of hydrogen-bond donors (Lipinski definition) is 0. The Kier molecular flexibility index (Phi) is 4.38. The lowest BCUT2D eigenvalue weighted by molar-refractivity contribution is -0.137. The lowest BCUT2D eigenvalue weighted by Crippen LogP contribution is -2.24. The molecule has 0 radical (unpaired) electrons. The molecule has 0 bridgehead atoms. The first-order valence-corrected chi connectivity index (χ1v) is 9.82. The number of carbonyl (C=O) groups excluding carboxylic acids is 1. The van der Waals surface area contributed by atoms with Crippen molar-refractivity contribution in [3.8, 4) is 11.4 Å². The van der Waals surface area contributed by atoms with Gasteiger partial charge in [0.2, 0.25) is 17.6 Å². The van der Waals surface area contributed by atoms with E-state index >= 15 is 0 Å². The fraction of sp³-hybridized carbons (Fsp3) is 0.318. The topological polar surface area (TPSA) is 59.2 Å². The molecule has 0 saturated carbocycles. The van der Waals surface area contributed by atoms with Crippen molar-refractivity contribution in [2.45, 2.75) is 37.8 Å². The monoisotopic (exact) mass is 413 g/mol. The fourth-order valence-corrected chi connectivity index (χ4v) is 4.18. The van der Waals surface area contributed by atoms with Crippen LogP contribution >= 0.6 is 0 Å². The third-order valence-corrected chi connectivity index (χ3v) is 5.78. The van der Waals surface area contributed by atoms with Crippen molar-refractivity contribution in [3.05, 3.63) is 65.0 Å². The van der Waals surface area contributed by atoms with Crippen molar-refractivity contribution < 1.29 is 22.5 Å². The van der Waals surface area contributed by atoms with Gasteiger partial charge in [-0.3, -0.25) is 4.79 Å². The molecule has 30 heavy (non-hydrogen) atoms. The van der Waals surface area contributed by atoms with Gasteiger partial charge < -0.3 is 9.42 Å². The summed E-state index contributed by atoms with van der Waals surface area (Å²) in [4.78, 5) is 18.7. The maximum absolute atomic E-state index is 12.7. The number of halogens is 3. The predicted octanol–water partition coefficient (Wildman–Crippen LogP) is 4.76. The maximum Gasteiger partial charge on any atom is 0.416 e. The second-order valence-corrected chi connectivity index (χ2v) is 7.74. The summed E-state index contributed by atoms with van der Waals surface area (Å²) in [7, 11) is 0. The van der Waals surface area contributed by atoms with Gasteiger partial charge in [0.15, 0.2) is 0 Å². The summed E-state index contributed by atoms with van der Waals surface area (Å²) in [5, 5.41) is 3.90. The lowest BCUT2D eigenvalue weighted by Gasteiger charge is -2.17. The molecule has 1 aromatic heterocycles. The molecule has 8 heteroatoms. The highest BCUT2D eigenvalue weighted by molar-refractivity contribution is 5.96. The van der Waals surface area contributed by atoms with Gasteiger partial charge in [-0.05, 0) is 54.7 Å². The molecule has 1 amide bonds. The number of benzene rings is 2. The minimum Gasteiger partial charge on any atom is -0.339 e. The second-order valence-electron chi connectivity index (χ2n) is 7.74. The Labute approximate surface area is 170 Å². The molecule has 1 unspecified atom stereocenters. The quantitative estimate of drug-likeness (QED) is 0.621. The SMILES string of the molecule is O=C1CC(c2nc(-c3ccc(C(F)(F)F)cc3)no2)CN1c1ccc2c(c1)CCC2. The van der Waals surface area contributed by atoms with Crippen molar-refractivity contribution in [1.82, 2.24) is 10.1 Å². The number of rotatable bonds is 3. The fourth-order valence-electron chi connectivity index (χ4n) is 4.18. The molecule has 1 aliphatic carbocycles. The molecule has 1 atom stereocenters. The van der Waals surface area contributed by atoms with Gasteiger partial charge >= 0.3 is 6.18 Å². The van der Waals surface area contributed by atoms with E-state index in [0.717, 1.165) is 37.1 Å². The molecule has 154 valence electrons. The molecule has 0 spiro atoms. The van der Waals surface area contributed by atoms with Crippen LogP contribution in [-0.4, -0.2) is 22.6 Å². The molecule has 2 heterocycles. The smallest absolute Gasteiger partial charge is 0.339 e. The standard InChI is InChI=1S/C22H18F3N3O2/c23-22(24,25)17-7-4-14(5-8-17)20-26-21(30-27-20)16-11-19(29)28(12-16)18-9-6-13-2-1-3-15(13)10-18/h4-10,16H,1-3,11-12H2. The van der Waals surface area contributed by atoms with Gasteiger partial charge in [0.1, 0.15) is 0 Å². The number of alkyl halides is 3. The minimum atomic E-state index is -4.40. The molecule has 1 fully saturated rings. The normalized spacial score (nSPS) is 18.8. The zero-order valence-electron chi connectivity index (χ0n) is 15.9.